The highest BCUT2D eigenvalue weighted by atomic mass is 14.9. The largest absolute Gasteiger partial charge is 0.238 e. The van der Waals surface area contributed by atoms with Gasteiger partial charge >= 0.3 is 0 Å². The second-order valence-electron chi connectivity index (χ2n) is 3.20. The van der Waals surface area contributed by atoms with Crippen LogP contribution in [0.4, 0.5) is 0 Å². The Bertz CT molecular complexity index is 76.8. The molecule has 1 fully saturated rings. The lowest BCUT2D eigenvalue weighted by molar-refractivity contribution is 0.331. The number of hydrogen-bond donors (Lipinski definition) is 0. The summed E-state index contributed by atoms with van der Waals surface area (Å²) in [7, 11) is 0. The summed E-state index contributed by atoms with van der Waals surface area (Å²) in [4.78, 5) is 0. The van der Waals surface area contributed by atoms with E-state index >= 15 is 0 Å². The van der Waals surface area contributed by atoms with Crippen molar-refractivity contribution < 1.29 is 0 Å². The van der Waals surface area contributed by atoms with Gasteiger partial charge in [0.25, 0.3) is 0 Å². The zero-order valence-corrected chi connectivity index (χ0v) is 6.97. The highest BCUT2D eigenvalue weighted by Gasteiger charge is 2.16. The quantitative estimate of drug-likeness (QED) is 0.520. The molecule has 0 aromatic rings. The molecule has 0 aliphatic heterocycles. The summed E-state index contributed by atoms with van der Waals surface area (Å²) in [6.07, 6.45) is 8.14. The lowest BCUT2D eigenvalue weighted by atomic mass is 9.93. The van der Waals surface area contributed by atoms with Gasteiger partial charge in [-0.15, -0.1) is 0 Å². The van der Waals surface area contributed by atoms with Gasteiger partial charge in [0, 0.05) is 12.6 Å². The Morgan fingerprint density at radius 2 is 2.10 bits per heavy atom. The van der Waals surface area contributed by atoms with Crippen LogP contribution < -0.4 is 5.32 Å². The van der Waals surface area contributed by atoms with Crippen LogP contribution in [-0.4, -0.2) is 12.6 Å². The highest BCUT2D eigenvalue weighted by molar-refractivity contribution is 4.75. The summed E-state index contributed by atoms with van der Waals surface area (Å²) in [5, 5.41) is 4.57. The minimum Gasteiger partial charge on any atom is -0.238 e. The van der Waals surface area contributed by atoms with Crippen LogP contribution in [0.25, 0.3) is 0 Å². The predicted molar refractivity (Wildman–Crippen MR) is 44.2 cm³/mol. The first kappa shape index (κ1) is 8.06. The Kier molecular flexibility index (Phi) is 3.81. The fourth-order valence-electron chi connectivity index (χ4n) is 1.20. The lowest BCUT2D eigenvalue weighted by Gasteiger charge is -2.24. The smallest absolute Gasteiger partial charge is 0.0246 e. The molecular weight excluding hydrogens is 122 g/mol. The topological polar surface area (TPSA) is 14.1 Å². The third kappa shape index (κ3) is 2.70. The normalized spacial score (nSPS) is 18.9. The summed E-state index contributed by atoms with van der Waals surface area (Å²) in [6.45, 7) is 3.36. The van der Waals surface area contributed by atoms with Crippen LogP contribution in [-0.2, 0) is 0 Å². The van der Waals surface area contributed by atoms with Crippen molar-refractivity contribution in [2.75, 3.05) is 6.54 Å². The van der Waals surface area contributed by atoms with Crippen molar-refractivity contribution in [2.45, 2.75) is 51.5 Å². The molecule has 1 heteroatoms. The molecule has 0 atom stereocenters. The van der Waals surface area contributed by atoms with Crippen molar-refractivity contribution in [2.24, 2.45) is 0 Å². The molecule has 1 radical (unpaired) electrons. The second kappa shape index (κ2) is 4.73. The van der Waals surface area contributed by atoms with Crippen molar-refractivity contribution in [1.82, 2.24) is 5.32 Å². The summed E-state index contributed by atoms with van der Waals surface area (Å²) in [5.74, 6) is 0. The van der Waals surface area contributed by atoms with Gasteiger partial charge in [-0.2, -0.15) is 0 Å². The predicted octanol–water partition coefficient (Wildman–Crippen LogP) is 2.33. The van der Waals surface area contributed by atoms with Gasteiger partial charge in [-0.1, -0.05) is 26.2 Å². The molecule has 1 aliphatic rings. The Labute approximate surface area is 64.2 Å². The number of nitrogens with zero attached hydrogens (tertiary/aromatic N) is 1. The first-order valence-electron chi connectivity index (χ1n) is 4.60. The lowest BCUT2D eigenvalue weighted by Crippen LogP contribution is -2.29. The molecule has 0 heterocycles. The van der Waals surface area contributed by atoms with E-state index in [-0.39, 0.29) is 0 Å². The van der Waals surface area contributed by atoms with Gasteiger partial charge in [0.1, 0.15) is 0 Å². The minimum atomic E-state index is 0.761. The van der Waals surface area contributed by atoms with E-state index in [9.17, 15) is 0 Å². The first-order chi connectivity index (χ1) is 4.93. The second-order valence-corrected chi connectivity index (χ2v) is 3.20. The summed E-state index contributed by atoms with van der Waals surface area (Å²) in [6, 6.07) is 0.761. The molecule has 1 nitrogen and oxygen atoms in total. The Morgan fingerprint density at radius 1 is 1.30 bits per heavy atom. The van der Waals surface area contributed by atoms with Gasteiger partial charge in [-0.05, 0) is 19.3 Å². The molecule has 0 saturated heterocycles. The molecule has 1 aliphatic carbocycles. The van der Waals surface area contributed by atoms with Crippen LogP contribution in [0.15, 0.2) is 0 Å². The van der Waals surface area contributed by atoms with E-state index in [4.69, 9.17) is 0 Å². The van der Waals surface area contributed by atoms with Gasteiger partial charge < -0.3 is 0 Å². The van der Waals surface area contributed by atoms with E-state index in [1.807, 2.05) is 0 Å². The number of rotatable bonds is 5. The van der Waals surface area contributed by atoms with Crippen molar-refractivity contribution in [3.05, 3.63) is 0 Å². The van der Waals surface area contributed by atoms with Crippen LogP contribution >= 0.6 is 0 Å². The molecule has 0 bridgehead atoms. The van der Waals surface area contributed by atoms with Gasteiger partial charge in [0.05, 0.1) is 0 Å². The first-order valence-corrected chi connectivity index (χ1v) is 4.60. The maximum atomic E-state index is 4.57. The van der Waals surface area contributed by atoms with Gasteiger partial charge in [-0.3, -0.25) is 0 Å². The molecular formula is C9H18N. The molecule has 1 rings (SSSR count). The fourth-order valence-corrected chi connectivity index (χ4v) is 1.20. The van der Waals surface area contributed by atoms with Gasteiger partial charge in [0.15, 0.2) is 0 Å². The van der Waals surface area contributed by atoms with Crippen molar-refractivity contribution in [3.63, 3.8) is 0 Å². The Morgan fingerprint density at radius 3 is 2.60 bits per heavy atom. The van der Waals surface area contributed by atoms with E-state index in [1.54, 1.807) is 0 Å². The third-order valence-electron chi connectivity index (χ3n) is 2.22. The van der Waals surface area contributed by atoms with Crippen LogP contribution in [0.5, 0.6) is 0 Å². The zero-order chi connectivity index (χ0) is 7.23. The maximum absolute atomic E-state index is 4.57. The minimum absolute atomic E-state index is 0.761. The van der Waals surface area contributed by atoms with Gasteiger partial charge in [0.2, 0.25) is 0 Å². The molecule has 10 heavy (non-hydrogen) atoms. The van der Waals surface area contributed by atoms with Crippen LogP contribution in [0, 0.1) is 0 Å². The van der Waals surface area contributed by atoms with E-state index in [0.717, 1.165) is 12.6 Å². The molecule has 0 amide bonds. The average Bonchev–Trinajstić information content (AvgIpc) is 1.84. The average molecular weight is 140 g/mol. The number of unbranched alkanes of at least 4 members (excludes halogenated alkanes) is 2. The van der Waals surface area contributed by atoms with E-state index in [0.29, 0.717) is 0 Å². The molecule has 0 aromatic carbocycles. The maximum Gasteiger partial charge on any atom is 0.0246 e. The molecule has 0 unspecified atom stereocenters. The van der Waals surface area contributed by atoms with Crippen LogP contribution in [0.3, 0.4) is 0 Å². The van der Waals surface area contributed by atoms with Crippen molar-refractivity contribution >= 4 is 0 Å². The van der Waals surface area contributed by atoms with Crippen molar-refractivity contribution in [1.29, 1.82) is 0 Å². The van der Waals surface area contributed by atoms with E-state index in [1.165, 1.54) is 38.5 Å². The van der Waals surface area contributed by atoms with E-state index < -0.39 is 0 Å². The Balaban J connectivity index is 1.76. The molecule has 1 saturated carbocycles. The Hall–Kier alpha value is -0.0400. The summed E-state index contributed by atoms with van der Waals surface area (Å²) < 4.78 is 0. The standard InChI is InChI=1S/C9H18N/c1-2-3-4-8-10-9-6-5-7-9/h9H,2-8H2,1H3. The van der Waals surface area contributed by atoms with Crippen molar-refractivity contribution in [3.8, 4) is 0 Å². The molecule has 0 aromatic heterocycles. The number of hydrogen-bond acceptors (Lipinski definition) is 0. The highest BCUT2D eigenvalue weighted by Crippen LogP contribution is 2.18. The monoisotopic (exact) mass is 140 g/mol. The molecule has 0 N–H and O–H groups in total. The third-order valence-corrected chi connectivity index (χ3v) is 2.22. The zero-order valence-electron chi connectivity index (χ0n) is 6.97. The SMILES string of the molecule is CCCCC[N]C1CCC1. The summed E-state index contributed by atoms with van der Waals surface area (Å²) >= 11 is 0. The van der Waals surface area contributed by atoms with Gasteiger partial charge in [-0.25, -0.2) is 5.32 Å². The van der Waals surface area contributed by atoms with E-state index in [2.05, 4.69) is 12.2 Å². The molecule has 59 valence electrons. The van der Waals surface area contributed by atoms with Crippen LogP contribution in [0.2, 0.25) is 0 Å². The fraction of sp³-hybridized carbons (Fsp3) is 1.00. The van der Waals surface area contributed by atoms with Crippen LogP contribution in [0.1, 0.15) is 45.4 Å². The summed E-state index contributed by atoms with van der Waals surface area (Å²) in [5.41, 5.74) is 0. The molecule has 0 spiro atoms.